The molecule has 0 aliphatic heterocycles. The Balaban J connectivity index is 1.66. The van der Waals surface area contributed by atoms with Crippen molar-refractivity contribution in [1.29, 1.82) is 0 Å². The maximum atomic E-state index is 14.0. The summed E-state index contributed by atoms with van der Waals surface area (Å²) in [6.45, 7) is 3.14. The first-order valence-electron chi connectivity index (χ1n) is 13.7. The number of amides is 2. The van der Waals surface area contributed by atoms with Gasteiger partial charge in [-0.1, -0.05) is 72.3 Å². The van der Waals surface area contributed by atoms with Crippen LogP contribution in [0.2, 0.25) is 10.0 Å². The quantitative estimate of drug-likeness (QED) is 0.287. The van der Waals surface area contributed by atoms with E-state index in [2.05, 4.69) is 5.32 Å². The minimum atomic E-state index is -4.13. The molecule has 1 N–H and O–H groups in total. The molecule has 1 aliphatic rings. The summed E-state index contributed by atoms with van der Waals surface area (Å²) in [6, 6.07) is 19.0. The number of hydrogen-bond donors (Lipinski definition) is 1. The van der Waals surface area contributed by atoms with Crippen molar-refractivity contribution in [2.75, 3.05) is 10.8 Å². The largest absolute Gasteiger partial charge is 0.352 e. The van der Waals surface area contributed by atoms with Crippen molar-refractivity contribution < 1.29 is 18.0 Å². The molecule has 1 unspecified atom stereocenters. The lowest BCUT2D eigenvalue weighted by Crippen LogP contribution is -2.53. The average Bonchev–Trinajstić information content (AvgIpc) is 2.96. The molecule has 1 fully saturated rings. The van der Waals surface area contributed by atoms with E-state index in [1.807, 2.05) is 6.92 Å². The number of benzene rings is 3. The number of nitrogens with zero attached hydrogens (tertiary/aromatic N) is 2. The van der Waals surface area contributed by atoms with Gasteiger partial charge in [-0.05, 0) is 80.8 Å². The summed E-state index contributed by atoms with van der Waals surface area (Å²) in [6.07, 6.45) is 5.07. The van der Waals surface area contributed by atoms with Crippen LogP contribution in [0.25, 0.3) is 0 Å². The highest BCUT2D eigenvalue weighted by molar-refractivity contribution is 7.92. The van der Waals surface area contributed by atoms with E-state index in [1.165, 1.54) is 17.0 Å². The molecule has 3 aromatic carbocycles. The Morgan fingerprint density at radius 3 is 2.02 bits per heavy atom. The van der Waals surface area contributed by atoms with Crippen LogP contribution in [0.5, 0.6) is 0 Å². The predicted octanol–water partition coefficient (Wildman–Crippen LogP) is 6.36. The van der Waals surface area contributed by atoms with Gasteiger partial charge in [-0.3, -0.25) is 13.9 Å². The molecule has 0 bridgehead atoms. The second kappa shape index (κ2) is 13.7. The van der Waals surface area contributed by atoms with Gasteiger partial charge < -0.3 is 10.2 Å². The highest BCUT2D eigenvalue weighted by Crippen LogP contribution is 2.26. The van der Waals surface area contributed by atoms with E-state index in [1.54, 1.807) is 67.6 Å². The van der Waals surface area contributed by atoms with Crippen molar-refractivity contribution in [2.45, 2.75) is 69.5 Å². The van der Waals surface area contributed by atoms with Crippen LogP contribution in [0.4, 0.5) is 5.69 Å². The van der Waals surface area contributed by atoms with Gasteiger partial charge in [0.25, 0.3) is 10.0 Å². The summed E-state index contributed by atoms with van der Waals surface area (Å²) in [5.41, 5.74) is 1.96. The monoisotopic (exact) mass is 615 g/mol. The standard InChI is InChI=1S/C31H35Cl2N3O4S/c1-22-8-18-29(19-9-22)41(39,40)36(28-16-14-26(33)15-17-28)21-30(37)35(20-24-10-12-25(32)13-11-24)23(2)31(38)34-27-6-4-3-5-7-27/h8-19,23,27H,3-7,20-21H2,1-2H3,(H,34,38). The number of nitrogens with one attached hydrogen (secondary N) is 1. The molecule has 0 saturated heterocycles. The molecule has 1 atom stereocenters. The van der Waals surface area contributed by atoms with Crippen molar-refractivity contribution in [2.24, 2.45) is 0 Å². The van der Waals surface area contributed by atoms with Gasteiger partial charge in [0.15, 0.2) is 0 Å². The van der Waals surface area contributed by atoms with Gasteiger partial charge in [-0.2, -0.15) is 0 Å². The van der Waals surface area contributed by atoms with Gasteiger partial charge in [-0.25, -0.2) is 8.42 Å². The fourth-order valence-electron chi connectivity index (χ4n) is 4.91. The Hall–Kier alpha value is -3.07. The number of carbonyl (C=O) groups excluding carboxylic acids is 2. The van der Waals surface area contributed by atoms with E-state index < -0.39 is 28.5 Å². The molecule has 218 valence electrons. The maximum absolute atomic E-state index is 14.0. The van der Waals surface area contributed by atoms with Crippen molar-refractivity contribution in [3.05, 3.63) is 94.0 Å². The summed E-state index contributed by atoms with van der Waals surface area (Å²) in [4.78, 5) is 28.9. The Bertz CT molecular complexity index is 1440. The molecule has 7 nitrogen and oxygen atoms in total. The molecular formula is C31H35Cl2N3O4S. The molecule has 1 saturated carbocycles. The van der Waals surface area contributed by atoms with Crippen molar-refractivity contribution in [1.82, 2.24) is 10.2 Å². The van der Waals surface area contributed by atoms with E-state index in [4.69, 9.17) is 23.2 Å². The summed E-state index contributed by atoms with van der Waals surface area (Å²) in [7, 11) is -4.13. The van der Waals surface area contributed by atoms with Crippen molar-refractivity contribution in [3.8, 4) is 0 Å². The molecule has 3 aromatic rings. The van der Waals surface area contributed by atoms with Gasteiger partial charge in [-0.15, -0.1) is 0 Å². The average molecular weight is 617 g/mol. The first-order valence-corrected chi connectivity index (χ1v) is 15.9. The van der Waals surface area contributed by atoms with Crippen LogP contribution in [-0.4, -0.2) is 43.8 Å². The molecule has 0 aromatic heterocycles. The normalized spacial score (nSPS) is 14.7. The highest BCUT2D eigenvalue weighted by atomic mass is 35.5. The molecule has 2 amide bonds. The number of anilines is 1. The SMILES string of the molecule is Cc1ccc(S(=O)(=O)N(CC(=O)N(Cc2ccc(Cl)cc2)C(C)C(=O)NC2CCCCC2)c2ccc(Cl)cc2)cc1. The highest BCUT2D eigenvalue weighted by Gasteiger charge is 2.33. The number of sulfonamides is 1. The third kappa shape index (κ3) is 8.03. The molecule has 4 rings (SSSR count). The Kier molecular flexibility index (Phi) is 10.3. The topological polar surface area (TPSA) is 86.8 Å². The van der Waals surface area contributed by atoms with Gasteiger partial charge >= 0.3 is 0 Å². The molecule has 41 heavy (non-hydrogen) atoms. The minimum absolute atomic E-state index is 0.0539. The van der Waals surface area contributed by atoms with Crippen molar-refractivity contribution in [3.63, 3.8) is 0 Å². The second-order valence-electron chi connectivity index (χ2n) is 10.5. The zero-order valence-electron chi connectivity index (χ0n) is 23.2. The van der Waals surface area contributed by atoms with Crippen LogP contribution in [0.15, 0.2) is 77.7 Å². The molecule has 1 aliphatic carbocycles. The van der Waals surface area contributed by atoms with E-state index in [0.717, 1.165) is 47.5 Å². The van der Waals surface area contributed by atoms with E-state index >= 15 is 0 Å². The lowest BCUT2D eigenvalue weighted by atomic mass is 9.95. The summed E-state index contributed by atoms with van der Waals surface area (Å²) < 4.78 is 28.8. The lowest BCUT2D eigenvalue weighted by molar-refractivity contribution is -0.139. The van der Waals surface area contributed by atoms with Gasteiger partial charge in [0, 0.05) is 22.6 Å². The molecular weight excluding hydrogens is 581 g/mol. The first-order chi connectivity index (χ1) is 19.5. The molecule has 0 radical (unpaired) electrons. The fraction of sp³-hybridized carbons (Fsp3) is 0.355. The number of halogens is 2. The van der Waals surface area contributed by atoms with Crippen molar-refractivity contribution >= 4 is 50.7 Å². The third-order valence-electron chi connectivity index (χ3n) is 7.39. The molecule has 0 spiro atoms. The minimum Gasteiger partial charge on any atom is -0.352 e. The van der Waals surface area contributed by atoms with Crippen LogP contribution >= 0.6 is 23.2 Å². The summed E-state index contributed by atoms with van der Waals surface area (Å²) in [5.74, 6) is -0.782. The van der Waals surface area contributed by atoms with Crippen LogP contribution in [0.1, 0.15) is 50.2 Å². The summed E-state index contributed by atoms with van der Waals surface area (Å²) >= 11 is 12.2. The Labute approximate surface area is 252 Å². The fourth-order valence-corrected chi connectivity index (χ4v) is 6.58. The van der Waals surface area contributed by atoms with Crippen LogP contribution < -0.4 is 9.62 Å². The maximum Gasteiger partial charge on any atom is 0.264 e. The zero-order chi connectivity index (χ0) is 29.6. The van der Waals surface area contributed by atoms with Crippen LogP contribution in [0, 0.1) is 6.92 Å². The first kappa shape index (κ1) is 30.9. The zero-order valence-corrected chi connectivity index (χ0v) is 25.6. The number of rotatable bonds is 10. The third-order valence-corrected chi connectivity index (χ3v) is 9.68. The molecule has 0 heterocycles. The van der Waals surface area contributed by atoms with Crippen LogP contribution in [0.3, 0.4) is 0 Å². The molecule has 10 heteroatoms. The lowest BCUT2D eigenvalue weighted by Gasteiger charge is -2.33. The Morgan fingerprint density at radius 1 is 0.878 bits per heavy atom. The van der Waals surface area contributed by atoms with Crippen LogP contribution in [-0.2, 0) is 26.2 Å². The predicted molar refractivity (Wildman–Crippen MR) is 164 cm³/mol. The van der Waals surface area contributed by atoms with Gasteiger partial charge in [0.05, 0.1) is 10.6 Å². The Morgan fingerprint density at radius 2 is 1.44 bits per heavy atom. The van der Waals surface area contributed by atoms with E-state index in [-0.39, 0.29) is 29.1 Å². The number of hydrogen-bond acceptors (Lipinski definition) is 4. The summed E-state index contributed by atoms with van der Waals surface area (Å²) in [5, 5.41) is 4.09. The smallest absolute Gasteiger partial charge is 0.264 e. The number of aryl methyl sites for hydroxylation is 1. The van der Waals surface area contributed by atoms with Gasteiger partial charge in [0.2, 0.25) is 11.8 Å². The van der Waals surface area contributed by atoms with E-state index in [0.29, 0.717) is 10.0 Å². The number of carbonyl (C=O) groups is 2. The van der Waals surface area contributed by atoms with E-state index in [9.17, 15) is 18.0 Å². The van der Waals surface area contributed by atoms with Gasteiger partial charge in [0.1, 0.15) is 12.6 Å². The second-order valence-corrected chi connectivity index (χ2v) is 13.2.